The molecule has 0 fully saturated rings. The second kappa shape index (κ2) is 13.7. The first-order valence-corrected chi connectivity index (χ1v) is 22.6. The van der Waals surface area contributed by atoms with Crippen molar-refractivity contribution in [2.24, 2.45) is 0 Å². The number of nitrogens with zero attached hydrogens (tertiary/aromatic N) is 2. The van der Waals surface area contributed by atoms with E-state index in [1.165, 1.54) is 80.5 Å². The van der Waals surface area contributed by atoms with Gasteiger partial charge in [0.25, 0.3) is 0 Å². The first kappa shape index (κ1) is 35.4. The Hall–Kier alpha value is -8.18. The first-order chi connectivity index (χ1) is 31.7. The monoisotopic (exact) mass is 832 g/mol. The minimum atomic E-state index is 0.906. The molecule has 0 atom stereocenters. The molecule has 14 aromatic rings. The van der Waals surface area contributed by atoms with Crippen LogP contribution in [0.1, 0.15) is 0 Å². The summed E-state index contributed by atoms with van der Waals surface area (Å²) in [6.45, 7) is 0. The molecule has 3 nitrogen and oxygen atoms in total. The van der Waals surface area contributed by atoms with E-state index in [0.717, 1.165) is 50.1 Å². The lowest BCUT2D eigenvalue weighted by molar-refractivity contribution is 0.670. The van der Waals surface area contributed by atoms with E-state index >= 15 is 0 Å². The molecule has 0 N–H and O–H groups in total. The number of furan rings is 1. The fourth-order valence-corrected chi connectivity index (χ4v) is 11.4. The molecule has 14 rings (SSSR count). The van der Waals surface area contributed by atoms with E-state index in [2.05, 4.69) is 216 Å². The van der Waals surface area contributed by atoms with Crippen molar-refractivity contribution in [1.29, 1.82) is 0 Å². The standard InChI is InChI=1S/C60H36N2OS/c1-4-16-54-46(9-1)49-13-8-14-50-52-35-40(25-33-55(52)62(54)59(49)50)37-19-27-42(28-20-37)61(43-29-21-38(22-30-43)41-26-34-58-53(36-41)48-11-3-6-18-57(48)64-58)44-31-23-39(24-32-44)45-12-7-15-51-47-10-2-5-17-56(47)63-60(45)51/h1-36H. The van der Waals surface area contributed by atoms with Gasteiger partial charge in [0.15, 0.2) is 0 Å². The fourth-order valence-electron chi connectivity index (χ4n) is 10.3. The average molecular weight is 833 g/mol. The molecule has 0 aliphatic carbocycles. The van der Waals surface area contributed by atoms with Crippen molar-refractivity contribution in [3.05, 3.63) is 218 Å². The van der Waals surface area contributed by atoms with Crippen molar-refractivity contribution in [2.75, 3.05) is 4.90 Å². The summed E-state index contributed by atoms with van der Waals surface area (Å²) in [6.07, 6.45) is 0. The summed E-state index contributed by atoms with van der Waals surface area (Å²) >= 11 is 1.86. The molecule has 298 valence electrons. The van der Waals surface area contributed by atoms with Gasteiger partial charge in [-0.1, -0.05) is 140 Å². The lowest BCUT2D eigenvalue weighted by Crippen LogP contribution is -2.09. The van der Waals surface area contributed by atoms with Gasteiger partial charge in [-0.2, -0.15) is 0 Å². The highest BCUT2D eigenvalue weighted by atomic mass is 32.1. The van der Waals surface area contributed by atoms with Crippen molar-refractivity contribution in [3.63, 3.8) is 0 Å². The number of para-hydroxylation sites is 4. The molecule has 0 saturated carbocycles. The Morgan fingerprint density at radius 2 is 0.859 bits per heavy atom. The largest absolute Gasteiger partial charge is 0.455 e. The van der Waals surface area contributed by atoms with Gasteiger partial charge in [0.2, 0.25) is 0 Å². The van der Waals surface area contributed by atoms with E-state index in [1.54, 1.807) is 0 Å². The molecule has 4 aromatic heterocycles. The van der Waals surface area contributed by atoms with E-state index < -0.39 is 0 Å². The van der Waals surface area contributed by atoms with Gasteiger partial charge >= 0.3 is 0 Å². The number of rotatable bonds is 6. The maximum atomic E-state index is 6.45. The maximum absolute atomic E-state index is 6.45. The number of anilines is 3. The molecule has 4 heterocycles. The predicted molar refractivity (Wildman–Crippen MR) is 272 cm³/mol. The van der Waals surface area contributed by atoms with E-state index in [0.29, 0.717) is 0 Å². The predicted octanol–water partition coefficient (Wildman–Crippen LogP) is 17.6. The van der Waals surface area contributed by atoms with Crippen LogP contribution >= 0.6 is 11.3 Å². The Bertz CT molecular complexity index is 4120. The van der Waals surface area contributed by atoms with Gasteiger partial charge in [-0.15, -0.1) is 11.3 Å². The summed E-state index contributed by atoms with van der Waals surface area (Å²) in [6, 6.07) is 79.7. The third-order valence-electron chi connectivity index (χ3n) is 13.4. The molecule has 0 saturated heterocycles. The summed E-state index contributed by atoms with van der Waals surface area (Å²) in [5.41, 5.74) is 15.9. The maximum Gasteiger partial charge on any atom is 0.143 e. The van der Waals surface area contributed by atoms with Crippen LogP contribution in [0.25, 0.3) is 114 Å². The number of benzene rings is 10. The smallest absolute Gasteiger partial charge is 0.143 e. The zero-order valence-electron chi connectivity index (χ0n) is 34.5. The van der Waals surface area contributed by atoms with E-state index in [9.17, 15) is 0 Å². The van der Waals surface area contributed by atoms with E-state index in [4.69, 9.17) is 4.42 Å². The normalized spacial score (nSPS) is 12.1. The Balaban J connectivity index is 0.858. The summed E-state index contributed by atoms with van der Waals surface area (Å²) < 4.78 is 11.5. The zero-order valence-corrected chi connectivity index (χ0v) is 35.3. The van der Waals surface area contributed by atoms with Crippen LogP contribution in [0.3, 0.4) is 0 Å². The topological polar surface area (TPSA) is 20.8 Å². The fraction of sp³-hybridized carbons (Fsp3) is 0. The SMILES string of the molecule is c1ccc2c(c1)oc1c(-c3ccc(N(c4ccc(-c5ccc6sc7ccccc7c6c5)cc4)c4ccc(-c5ccc6c(c5)c5cccc7c8ccccc8n6c75)cc4)cc3)cccc12. The molecule has 10 aromatic carbocycles. The van der Waals surface area contributed by atoms with Crippen molar-refractivity contribution in [1.82, 2.24) is 4.40 Å². The average Bonchev–Trinajstić information content (AvgIpc) is 4.12. The highest BCUT2D eigenvalue weighted by Gasteiger charge is 2.19. The number of fused-ring (bicyclic) bond motifs is 12. The van der Waals surface area contributed by atoms with Crippen LogP contribution in [0.15, 0.2) is 223 Å². The third-order valence-corrected chi connectivity index (χ3v) is 14.5. The van der Waals surface area contributed by atoms with Crippen LogP contribution in [0.5, 0.6) is 0 Å². The molecule has 0 aliphatic heterocycles. The molecule has 0 bridgehead atoms. The van der Waals surface area contributed by atoms with Crippen LogP contribution in [0.2, 0.25) is 0 Å². The van der Waals surface area contributed by atoms with Gasteiger partial charge in [-0.05, 0) is 107 Å². The van der Waals surface area contributed by atoms with Gasteiger partial charge in [-0.3, -0.25) is 0 Å². The van der Waals surface area contributed by atoms with Crippen molar-refractivity contribution < 1.29 is 4.42 Å². The summed E-state index contributed by atoms with van der Waals surface area (Å²) in [7, 11) is 0. The molecular weight excluding hydrogens is 797 g/mol. The molecule has 0 radical (unpaired) electrons. The Labute approximate surface area is 372 Å². The molecule has 0 aliphatic rings. The lowest BCUT2D eigenvalue weighted by atomic mass is 10.00. The second-order valence-electron chi connectivity index (χ2n) is 16.9. The molecule has 0 amide bonds. The van der Waals surface area contributed by atoms with Gasteiger partial charge < -0.3 is 13.7 Å². The summed E-state index contributed by atoms with van der Waals surface area (Å²) in [5.74, 6) is 0. The molecule has 0 unspecified atom stereocenters. The summed E-state index contributed by atoms with van der Waals surface area (Å²) in [5, 5.41) is 10.1. The summed E-state index contributed by atoms with van der Waals surface area (Å²) in [4.78, 5) is 2.36. The Kier molecular flexibility index (Phi) is 7.56. The number of thiophene rings is 1. The minimum absolute atomic E-state index is 0.906. The zero-order chi connectivity index (χ0) is 41.9. The highest BCUT2D eigenvalue weighted by molar-refractivity contribution is 7.25. The minimum Gasteiger partial charge on any atom is -0.455 e. The Morgan fingerprint density at radius 3 is 1.61 bits per heavy atom. The van der Waals surface area contributed by atoms with Gasteiger partial charge in [0.05, 0.1) is 16.6 Å². The van der Waals surface area contributed by atoms with Crippen LogP contribution in [0, 0.1) is 0 Å². The molecular formula is C60H36N2OS. The lowest BCUT2D eigenvalue weighted by Gasteiger charge is -2.26. The quantitative estimate of drug-likeness (QED) is 0.166. The van der Waals surface area contributed by atoms with Crippen LogP contribution in [-0.4, -0.2) is 4.40 Å². The van der Waals surface area contributed by atoms with Gasteiger partial charge in [0, 0.05) is 75.1 Å². The Morgan fingerprint density at radius 1 is 0.344 bits per heavy atom. The molecule has 0 spiro atoms. The number of aromatic nitrogens is 1. The second-order valence-corrected chi connectivity index (χ2v) is 17.9. The highest BCUT2D eigenvalue weighted by Crippen LogP contribution is 2.43. The number of hydrogen-bond donors (Lipinski definition) is 0. The van der Waals surface area contributed by atoms with Crippen LogP contribution < -0.4 is 4.90 Å². The van der Waals surface area contributed by atoms with Crippen molar-refractivity contribution in [2.45, 2.75) is 0 Å². The van der Waals surface area contributed by atoms with Crippen LogP contribution in [-0.2, 0) is 0 Å². The van der Waals surface area contributed by atoms with Gasteiger partial charge in [0.1, 0.15) is 11.2 Å². The van der Waals surface area contributed by atoms with Gasteiger partial charge in [-0.25, -0.2) is 0 Å². The molecule has 4 heteroatoms. The van der Waals surface area contributed by atoms with Crippen LogP contribution in [0.4, 0.5) is 17.1 Å². The van der Waals surface area contributed by atoms with Crippen molar-refractivity contribution >= 4 is 109 Å². The van der Waals surface area contributed by atoms with Crippen molar-refractivity contribution in [3.8, 4) is 33.4 Å². The number of hydrogen-bond acceptors (Lipinski definition) is 3. The van der Waals surface area contributed by atoms with E-state index in [-0.39, 0.29) is 0 Å². The van der Waals surface area contributed by atoms with E-state index in [1.807, 2.05) is 23.5 Å². The molecule has 64 heavy (non-hydrogen) atoms. The first-order valence-electron chi connectivity index (χ1n) is 21.8. The third kappa shape index (κ3) is 5.27.